The van der Waals surface area contributed by atoms with Crippen LogP contribution in [0.5, 0.6) is 0 Å². The molecule has 5 rings (SSSR count). The number of imidazole rings is 1. The lowest BCUT2D eigenvalue weighted by Gasteiger charge is -2.24. The van der Waals surface area contributed by atoms with Crippen LogP contribution in [0, 0.1) is 0 Å². The van der Waals surface area contributed by atoms with Gasteiger partial charge in [-0.1, -0.05) is 24.6 Å². The highest BCUT2D eigenvalue weighted by Crippen LogP contribution is 2.30. The molecule has 4 heterocycles. The van der Waals surface area contributed by atoms with Crippen LogP contribution < -0.4 is 5.32 Å². The number of rotatable bonds is 8. The summed E-state index contributed by atoms with van der Waals surface area (Å²) >= 11 is 0. The molecule has 4 aromatic rings. The fourth-order valence-corrected chi connectivity index (χ4v) is 4.25. The Morgan fingerprint density at radius 2 is 2.03 bits per heavy atom. The molecule has 0 aliphatic carbocycles. The molecule has 0 unspecified atom stereocenters. The zero-order chi connectivity index (χ0) is 21.8. The van der Waals surface area contributed by atoms with Gasteiger partial charge in [-0.2, -0.15) is 0 Å². The van der Waals surface area contributed by atoms with Crippen LogP contribution in [0.25, 0.3) is 22.4 Å². The van der Waals surface area contributed by atoms with Crippen molar-refractivity contribution in [3.8, 4) is 11.5 Å². The third-order valence-corrected chi connectivity index (χ3v) is 5.88. The molecule has 0 spiro atoms. The molecule has 1 fully saturated rings. The maximum atomic E-state index is 12.5. The van der Waals surface area contributed by atoms with Crippen molar-refractivity contribution in [1.82, 2.24) is 34.9 Å². The average Bonchev–Trinajstić information content (AvgIpc) is 3.56. The van der Waals surface area contributed by atoms with Crippen LogP contribution in [0.2, 0.25) is 0 Å². The van der Waals surface area contributed by atoms with E-state index >= 15 is 0 Å². The molecular formula is C23H27N7O2. The number of H-pyrrole nitrogens is 1. The molecule has 1 aliphatic heterocycles. The summed E-state index contributed by atoms with van der Waals surface area (Å²) < 4.78 is 7.95. The van der Waals surface area contributed by atoms with E-state index in [-0.39, 0.29) is 12.5 Å². The van der Waals surface area contributed by atoms with Crippen molar-refractivity contribution < 1.29 is 9.21 Å². The zero-order valence-corrected chi connectivity index (χ0v) is 18.0. The predicted octanol–water partition coefficient (Wildman–Crippen LogP) is 2.76. The summed E-state index contributed by atoms with van der Waals surface area (Å²) in [5.41, 5.74) is 2.81. The molecule has 1 saturated heterocycles. The SMILES string of the molecule is O=C(Cn1cc(-c2nnc(CN3CCCCC3)o2)c2ccccc21)NCCc1cnc[nH]1. The molecule has 0 saturated carbocycles. The number of aromatic nitrogens is 5. The number of para-hydroxylation sites is 1. The molecule has 9 nitrogen and oxygen atoms in total. The lowest BCUT2D eigenvalue weighted by molar-refractivity contribution is -0.121. The van der Waals surface area contributed by atoms with Crippen LogP contribution in [0.4, 0.5) is 0 Å². The number of fused-ring (bicyclic) bond motifs is 1. The average molecular weight is 434 g/mol. The summed E-state index contributed by atoms with van der Waals surface area (Å²) in [5, 5.41) is 12.5. The van der Waals surface area contributed by atoms with Crippen LogP contribution in [-0.2, 0) is 24.3 Å². The molecule has 1 aliphatic rings. The minimum Gasteiger partial charge on any atom is -0.419 e. The number of hydrogen-bond acceptors (Lipinski definition) is 6. The zero-order valence-electron chi connectivity index (χ0n) is 18.0. The maximum Gasteiger partial charge on any atom is 0.249 e. The smallest absolute Gasteiger partial charge is 0.249 e. The first-order chi connectivity index (χ1) is 15.8. The molecule has 1 aromatic carbocycles. The quantitative estimate of drug-likeness (QED) is 0.443. The molecule has 9 heteroatoms. The molecule has 0 atom stereocenters. The van der Waals surface area contributed by atoms with E-state index in [4.69, 9.17) is 4.42 Å². The first kappa shape index (κ1) is 20.4. The highest BCUT2D eigenvalue weighted by Gasteiger charge is 2.19. The Morgan fingerprint density at radius 1 is 1.16 bits per heavy atom. The standard InChI is InChI=1S/C23H27N7O2/c31-21(25-9-8-17-12-24-16-26-17)14-30-13-19(18-6-2-3-7-20(18)30)23-28-27-22(32-23)15-29-10-4-1-5-11-29/h2-3,6-7,12-13,16H,1,4-5,8-11,14-15H2,(H,24,26)(H,25,31). The van der Waals surface area contributed by atoms with Gasteiger partial charge < -0.3 is 19.3 Å². The topological polar surface area (TPSA) is 105 Å². The molecule has 166 valence electrons. The summed E-state index contributed by atoms with van der Waals surface area (Å²) in [6, 6.07) is 7.97. The number of likely N-dealkylation sites (tertiary alicyclic amines) is 1. The van der Waals surface area contributed by atoms with Gasteiger partial charge in [-0.3, -0.25) is 9.69 Å². The fraction of sp³-hybridized carbons (Fsp3) is 0.391. The van der Waals surface area contributed by atoms with Crippen LogP contribution in [0.15, 0.2) is 47.4 Å². The molecule has 0 bridgehead atoms. The third kappa shape index (κ3) is 4.57. The van der Waals surface area contributed by atoms with Crippen molar-refractivity contribution >= 4 is 16.8 Å². The van der Waals surface area contributed by atoms with E-state index in [1.54, 1.807) is 12.5 Å². The van der Waals surface area contributed by atoms with E-state index in [9.17, 15) is 4.79 Å². The Kier molecular flexibility index (Phi) is 5.98. The lowest BCUT2D eigenvalue weighted by Crippen LogP contribution is -2.29. The maximum absolute atomic E-state index is 12.5. The van der Waals surface area contributed by atoms with Crippen molar-refractivity contribution in [2.75, 3.05) is 19.6 Å². The first-order valence-electron chi connectivity index (χ1n) is 11.1. The van der Waals surface area contributed by atoms with Gasteiger partial charge in [-0.15, -0.1) is 10.2 Å². The minimum absolute atomic E-state index is 0.0480. The number of nitrogens with one attached hydrogen (secondary N) is 2. The third-order valence-electron chi connectivity index (χ3n) is 5.88. The summed E-state index contributed by atoms with van der Waals surface area (Å²) in [6.45, 7) is 3.61. The number of piperidine rings is 1. The molecule has 3 aromatic heterocycles. The second kappa shape index (κ2) is 9.35. The van der Waals surface area contributed by atoms with Gasteiger partial charge in [0.1, 0.15) is 6.54 Å². The number of hydrogen-bond donors (Lipinski definition) is 2. The van der Waals surface area contributed by atoms with E-state index in [0.717, 1.165) is 35.2 Å². The number of nitrogens with zero attached hydrogens (tertiary/aromatic N) is 5. The number of carbonyl (C=O) groups is 1. The Morgan fingerprint density at radius 3 is 2.88 bits per heavy atom. The van der Waals surface area contributed by atoms with Crippen molar-refractivity contribution in [3.05, 3.63) is 54.6 Å². The van der Waals surface area contributed by atoms with Crippen molar-refractivity contribution in [3.63, 3.8) is 0 Å². The predicted molar refractivity (Wildman–Crippen MR) is 120 cm³/mol. The van der Waals surface area contributed by atoms with E-state index in [0.29, 0.717) is 31.3 Å². The summed E-state index contributed by atoms with van der Waals surface area (Å²) in [4.78, 5) is 21.9. The monoisotopic (exact) mass is 433 g/mol. The number of amides is 1. The van der Waals surface area contributed by atoms with Gasteiger partial charge in [0.15, 0.2) is 0 Å². The summed E-state index contributed by atoms with van der Waals surface area (Å²) in [6.07, 6.45) is 9.78. The van der Waals surface area contributed by atoms with Gasteiger partial charge >= 0.3 is 0 Å². The van der Waals surface area contributed by atoms with Gasteiger partial charge in [0, 0.05) is 42.0 Å². The van der Waals surface area contributed by atoms with Crippen LogP contribution in [-0.4, -0.2) is 55.2 Å². The number of carbonyl (C=O) groups excluding carboxylic acids is 1. The second-order valence-electron chi connectivity index (χ2n) is 8.20. The van der Waals surface area contributed by atoms with E-state index in [1.165, 1.54) is 19.3 Å². The van der Waals surface area contributed by atoms with Crippen molar-refractivity contribution in [2.45, 2.75) is 38.8 Å². The Hall–Kier alpha value is -3.46. The molecule has 32 heavy (non-hydrogen) atoms. The Labute approximate surface area is 185 Å². The van der Waals surface area contributed by atoms with Crippen LogP contribution in [0.3, 0.4) is 0 Å². The largest absolute Gasteiger partial charge is 0.419 e. The second-order valence-corrected chi connectivity index (χ2v) is 8.20. The van der Waals surface area contributed by atoms with Gasteiger partial charge in [0.25, 0.3) is 0 Å². The number of benzene rings is 1. The molecule has 2 N–H and O–H groups in total. The first-order valence-corrected chi connectivity index (χ1v) is 11.1. The fourth-order valence-electron chi connectivity index (χ4n) is 4.25. The van der Waals surface area contributed by atoms with E-state index in [1.807, 2.05) is 35.0 Å². The number of aromatic amines is 1. The molecule has 0 radical (unpaired) electrons. The summed E-state index contributed by atoms with van der Waals surface area (Å²) in [7, 11) is 0. The van der Waals surface area contributed by atoms with Gasteiger partial charge in [0.2, 0.25) is 17.7 Å². The van der Waals surface area contributed by atoms with E-state index in [2.05, 4.69) is 30.4 Å². The highest BCUT2D eigenvalue weighted by molar-refractivity contribution is 5.94. The van der Waals surface area contributed by atoms with Gasteiger partial charge in [-0.25, -0.2) is 4.98 Å². The van der Waals surface area contributed by atoms with Crippen molar-refractivity contribution in [2.24, 2.45) is 0 Å². The molecule has 1 amide bonds. The Balaban J connectivity index is 1.30. The van der Waals surface area contributed by atoms with E-state index < -0.39 is 0 Å². The minimum atomic E-state index is -0.0480. The van der Waals surface area contributed by atoms with Crippen LogP contribution >= 0.6 is 0 Å². The summed E-state index contributed by atoms with van der Waals surface area (Å²) in [5.74, 6) is 1.08. The lowest BCUT2D eigenvalue weighted by atomic mass is 10.1. The molecular weight excluding hydrogens is 406 g/mol. The Bertz CT molecular complexity index is 1170. The highest BCUT2D eigenvalue weighted by atomic mass is 16.4. The van der Waals surface area contributed by atoms with Crippen LogP contribution in [0.1, 0.15) is 30.8 Å². The van der Waals surface area contributed by atoms with Crippen molar-refractivity contribution in [1.29, 1.82) is 0 Å². The normalized spacial score (nSPS) is 14.8. The van der Waals surface area contributed by atoms with Gasteiger partial charge in [0.05, 0.1) is 18.4 Å². The van der Waals surface area contributed by atoms with Gasteiger partial charge in [-0.05, 0) is 32.0 Å².